The number of hydrogen-bond acceptors (Lipinski definition) is 5. The van der Waals surface area contributed by atoms with E-state index in [1.54, 1.807) is 22.8 Å². The number of nitrogens with one attached hydrogen (secondary N) is 1. The van der Waals surface area contributed by atoms with Crippen molar-refractivity contribution in [2.75, 3.05) is 0 Å². The SMILES string of the molecule is CCCCn1c(=O)[nH]c(=O)c2c1nc(COC(=O)Cc1c(Cl)cccc1Cl)n2CC. The Morgan fingerprint density at radius 2 is 1.87 bits per heavy atom. The Kier molecular flexibility index (Phi) is 6.99. The number of nitrogens with zero attached hydrogens (tertiary/aromatic N) is 3. The van der Waals surface area contributed by atoms with Gasteiger partial charge in [0.25, 0.3) is 5.56 Å². The zero-order valence-electron chi connectivity index (χ0n) is 16.7. The minimum atomic E-state index is -0.531. The van der Waals surface area contributed by atoms with Crippen molar-refractivity contribution in [2.24, 2.45) is 0 Å². The molecule has 0 fully saturated rings. The zero-order valence-corrected chi connectivity index (χ0v) is 18.2. The van der Waals surface area contributed by atoms with Crippen LogP contribution in [0.15, 0.2) is 27.8 Å². The van der Waals surface area contributed by atoms with E-state index in [2.05, 4.69) is 9.97 Å². The van der Waals surface area contributed by atoms with Crippen molar-refractivity contribution in [1.82, 2.24) is 19.1 Å². The van der Waals surface area contributed by atoms with Gasteiger partial charge >= 0.3 is 11.7 Å². The van der Waals surface area contributed by atoms with E-state index in [1.165, 1.54) is 4.57 Å². The summed E-state index contributed by atoms with van der Waals surface area (Å²) < 4.78 is 8.46. The average Bonchev–Trinajstić information content (AvgIpc) is 3.08. The van der Waals surface area contributed by atoms with Gasteiger partial charge in [0, 0.05) is 28.7 Å². The number of halogens is 2. The molecule has 2 aromatic heterocycles. The number of unbranched alkanes of at least 4 members (excludes halogenated alkanes) is 1. The number of carbonyl (C=O) groups is 1. The molecule has 0 radical (unpaired) electrons. The molecule has 0 saturated heterocycles. The van der Waals surface area contributed by atoms with Crippen molar-refractivity contribution in [1.29, 1.82) is 0 Å². The van der Waals surface area contributed by atoms with Gasteiger partial charge in [0.1, 0.15) is 12.4 Å². The van der Waals surface area contributed by atoms with Crippen LogP contribution in [-0.4, -0.2) is 25.1 Å². The second-order valence-electron chi connectivity index (χ2n) is 6.75. The zero-order chi connectivity index (χ0) is 21.8. The highest BCUT2D eigenvalue weighted by molar-refractivity contribution is 6.36. The lowest BCUT2D eigenvalue weighted by atomic mass is 10.1. The molecular weight excluding hydrogens is 431 g/mol. The van der Waals surface area contributed by atoms with Crippen LogP contribution in [0.2, 0.25) is 10.0 Å². The van der Waals surface area contributed by atoms with Crippen molar-refractivity contribution in [3.05, 3.63) is 60.5 Å². The van der Waals surface area contributed by atoms with E-state index in [0.29, 0.717) is 40.2 Å². The van der Waals surface area contributed by atoms with Crippen LogP contribution in [0.4, 0.5) is 0 Å². The topological polar surface area (TPSA) is 99.0 Å². The number of aromatic amines is 1. The Bertz CT molecular complexity index is 1180. The third-order valence-electron chi connectivity index (χ3n) is 4.76. The maximum atomic E-state index is 12.4. The molecule has 0 aliphatic rings. The summed E-state index contributed by atoms with van der Waals surface area (Å²) in [6.07, 6.45) is 1.56. The van der Waals surface area contributed by atoms with Crippen molar-refractivity contribution < 1.29 is 9.53 Å². The summed E-state index contributed by atoms with van der Waals surface area (Å²) in [5.74, 6) is -0.149. The van der Waals surface area contributed by atoms with E-state index >= 15 is 0 Å². The van der Waals surface area contributed by atoms with Crippen LogP contribution in [0.5, 0.6) is 0 Å². The van der Waals surface area contributed by atoms with Crippen LogP contribution in [0.1, 0.15) is 38.1 Å². The number of aromatic nitrogens is 4. The molecule has 8 nitrogen and oxygen atoms in total. The van der Waals surface area contributed by atoms with E-state index in [9.17, 15) is 14.4 Å². The number of ether oxygens (including phenoxy) is 1. The minimum absolute atomic E-state index is 0.0906. The van der Waals surface area contributed by atoms with Gasteiger partial charge in [0.2, 0.25) is 0 Å². The quantitative estimate of drug-likeness (QED) is 0.528. The van der Waals surface area contributed by atoms with Crippen LogP contribution in [-0.2, 0) is 35.6 Å². The molecule has 160 valence electrons. The Hall–Kier alpha value is -2.58. The molecule has 2 heterocycles. The van der Waals surface area contributed by atoms with Gasteiger partial charge in [0.05, 0.1) is 6.42 Å². The van der Waals surface area contributed by atoms with E-state index in [0.717, 1.165) is 12.8 Å². The summed E-state index contributed by atoms with van der Waals surface area (Å²) in [4.78, 5) is 43.8. The number of H-pyrrole nitrogens is 1. The number of esters is 1. The molecule has 3 rings (SSSR count). The predicted octanol–water partition coefficient (Wildman–Crippen LogP) is 3.30. The Balaban J connectivity index is 1.89. The van der Waals surface area contributed by atoms with Crippen LogP contribution >= 0.6 is 23.2 Å². The molecule has 0 unspecified atom stereocenters. The molecule has 0 saturated carbocycles. The second-order valence-corrected chi connectivity index (χ2v) is 7.56. The molecule has 0 aliphatic heterocycles. The van der Waals surface area contributed by atoms with Crippen molar-refractivity contribution in [3.63, 3.8) is 0 Å². The summed E-state index contributed by atoms with van der Waals surface area (Å²) >= 11 is 12.2. The fourth-order valence-electron chi connectivity index (χ4n) is 3.23. The monoisotopic (exact) mass is 452 g/mol. The van der Waals surface area contributed by atoms with Crippen LogP contribution in [0.25, 0.3) is 11.2 Å². The van der Waals surface area contributed by atoms with Gasteiger partial charge in [-0.05, 0) is 25.5 Å². The van der Waals surface area contributed by atoms with Crippen molar-refractivity contribution in [2.45, 2.75) is 52.8 Å². The first-order chi connectivity index (χ1) is 14.4. The standard InChI is InChI=1S/C20H22Cl2N4O4/c1-3-5-9-26-18-17(19(28)24-20(26)29)25(4-2)15(23-18)11-30-16(27)10-12-13(21)7-6-8-14(12)22/h6-8H,3-5,9-11H2,1-2H3,(H,24,28,29). The summed E-state index contributed by atoms with van der Waals surface area (Å²) in [5, 5.41) is 0.762. The molecule has 0 aliphatic carbocycles. The van der Waals surface area contributed by atoms with E-state index in [-0.39, 0.29) is 18.5 Å². The second kappa shape index (κ2) is 9.49. The lowest BCUT2D eigenvalue weighted by Crippen LogP contribution is -2.31. The number of fused-ring (bicyclic) bond motifs is 1. The molecule has 0 amide bonds. The molecule has 30 heavy (non-hydrogen) atoms. The summed E-state index contributed by atoms with van der Waals surface area (Å²) in [5.41, 5.74) is 0.0449. The molecule has 3 aromatic rings. The van der Waals surface area contributed by atoms with Gasteiger partial charge in [-0.15, -0.1) is 0 Å². The molecule has 0 spiro atoms. The summed E-state index contributed by atoms with van der Waals surface area (Å²) in [6, 6.07) is 4.99. The number of benzene rings is 1. The predicted molar refractivity (Wildman–Crippen MR) is 115 cm³/mol. The molecule has 1 aromatic carbocycles. The van der Waals surface area contributed by atoms with Gasteiger partial charge in [-0.25, -0.2) is 9.78 Å². The van der Waals surface area contributed by atoms with E-state index < -0.39 is 17.2 Å². The molecular formula is C20H22Cl2N4O4. The highest BCUT2D eigenvalue weighted by Crippen LogP contribution is 2.25. The molecule has 0 bridgehead atoms. The fourth-order valence-corrected chi connectivity index (χ4v) is 3.76. The Morgan fingerprint density at radius 1 is 1.17 bits per heavy atom. The number of hydrogen-bond donors (Lipinski definition) is 1. The molecule has 1 N–H and O–H groups in total. The first-order valence-corrected chi connectivity index (χ1v) is 10.4. The average molecular weight is 453 g/mol. The van der Waals surface area contributed by atoms with Crippen LogP contribution in [0.3, 0.4) is 0 Å². The largest absolute Gasteiger partial charge is 0.457 e. The van der Waals surface area contributed by atoms with E-state index in [1.807, 2.05) is 13.8 Å². The van der Waals surface area contributed by atoms with Gasteiger partial charge < -0.3 is 9.30 Å². The normalized spacial score (nSPS) is 11.2. The number of carbonyl (C=O) groups excluding carboxylic acids is 1. The van der Waals surface area contributed by atoms with Gasteiger partial charge in [0.15, 0.2) is 11.2 Å². The summed E-state index contributed by atoms with van der Waals surface area (Å²) in [6.45, 7) is 4.57. The molecule has 10 heteroatoms. The van der Waals surface area contributed by atoms with Crippen molar-refractivity contribution >= 4 is 40.3 Å². The first-order valence-electron chi connectivity index (χ1n) is 9.68. The van der Waals surface area contributed by atoms with Crippen molar-refractivity contribution in [3.8, 4) is 0 Å². The fraction of sp³-hybridized carbons (Fsp3) is 0.400. The lowest BCUT2D eigenvalue weighted by Gasteiger charge is -2.09. The Labute approximate surface area is 182 Å². The third-order valence-corrected chi connectivity index (χ3v) is 5.47. The van der Waals surface area contributed by atoms with Gasteiger partial charge in [-0.1, -0.05) is 42.6 Å². The lowest BCUT2D eigenvalue weighted by molar-refractivity contribution is -0.144. The maximum Gasteiger partial charge on any atom is 0.330 e. The van der Waals surface area contributed by atoms with E-state index in [4.69, 9.17) is 27.9 Å². The van der Waals surface area contributed by atoms with Gasteiger partial charge in [-0.2, -0.15) is 0 Å². The van der Waals surface area contributed by atoms with Crippen LogP contribution in [0, 0.1) is 0 Å². The highest BCUT2D eigenvalue weighted by Gasteiger charge is 2.19. The Morgan fingerprint density at radius 3 is 2.50 bits per heavy atom. The third kappa shape index (κ3) is 4.44. The molecule has 0 atom stereocenters. The van der Waals surface area contributed by atoms with Crippen LogP contribution < -0.4 is 11.2 Å². The minimum Gasteiger partial charge on any atom is -0.457 e. The first kappa shape index (κ1) is 22.1. The number of aryl methyl sites for hydroxylation is 2. The van der Waals surface area contributed by atoms with Gasteiger partial charge in [-0.3, -0.25) is 19.1 Å². The maximum absolute atomic E-state index is 12.4. The summed E-state index contributed by atoms with van der Waals surface area (Å²) in [7, 11) is 0. The number of imidazole rings is 1. The smallest absolute Gasteiger partial charge is 0.330 e. The highest BCUT2D eigenvalue weighted by atomic mass is 35.5. The number of rotatable bonds is 8.